The lowest BCUT2D eigenvalue weighted by Crippen LogP contribution is -2.21. The van der Waals surface area contributed by atoms with Gasteiger partial charge >= 0.3 is 0 Å². The molecule has 1 aromatic carbocycles. The van der Waals surface area contributed by atoms with Crippen LogP contribution in [0.4, 0.5) is 5.82 Å². The van der Waals surface area contributed by atoms with Gasteiger partial charge in [0.15, 0.2) is 6.61 Å². The standard InChI is InChI=1S/C14H14N4O2/c1-10-7-13(18(2)17-10)16-14(19)9-20-12-5-3-11(8-15)4-6-12/h3-7H,9H2,1-2H3,(H,16,19). The van der Waals surface area contributed by atoms with Gasteiger partial charge in [-0.3, -0.25) is 9.48 Å². The molecule has 0 radical (unpaired) electrons. The molecule has 0 spiro atoms. The van der Waals surface area contributed by atoms with E-state index in [0.717, 1.165) is 5.69 Å². The van der Waals surface area contributed by atoms with Crippen molar-refractivity contribution in [3.05, 3.63) is 41.6 Å². The van der Waals surface area contributed by atoms with Crippen molar-refractivity contribution in [1.82, 2.24) is 9.78 Å². The first kappa shape index (κ1) is 13.6. The molecule has 1 heterocycles. The average molecular weight is 270 g/mol. The van der Waals surface area contributed by atoms with Gasteiger partial charge in [-0.2, -0.15) is 10.4 Å². The van der Waals surface area contributed by atoms with Crippen molar-refractivity contribution in [2.75, 3.05) is 11.9 Å². The molecule has 2 rings (SSSR count). The van der Waals surface area contributed by atoms with Gasteiger partial charge in [0, 0.05) is 13.1 Å². The Balaban J connectivity index is 1.89. The van der Waals surface area contributed by atoms with Crippen LogP contribution in [0.15, 0.2) is 30.3 Å². The van der Waals surface area contributed by atoms with Crippen LogP contribution in [0.3, 0.4) is 0 Å². The van der Waals surface area contributed by atoms with Crippen molar-refractivity contribution in [3.8, 4) is 11.8 Å². The Labute approximate surface area is 116 Å². The Morgan fingerprint density at radius 3 is 2.70 bits per heavy atom. The number of ether oxygens (including phenoxy) is 1. The zero-order chi connectivity index (χ0) is 14.5. The minimum Gasteiger partial charge on any atom is -0.484 e. The van der Waals surface area contributed by atoms with Crippen LogP contribution in [0.2, 0.25) is 0 Å². The molecule has 0 saturated heterocycles. The fraction of sp³-hybridized carbons (Fsp3) is 0.214. The molecular formula is C14H14N4O2. The summed E-state index contributed by atoms with van der Waals surface area (Å²) in [5.41, 5.74) is 1.38. The zero-order valence-electron chi connectivity index (χ0n) is 11.3. The SMILES string of the molecule is Cc1cc(NC(=O)COc2ccc(C#N)cc2)n(C)n1. The van der Waals surface area contributed by atoms with Crippen LogP contribution in [0, 0.1) is 18.3 Å². The summed E-state index contributed by atoms with van der Waals surface area (Å²) < 4.78 is 6.93. The van der Waals surface area contributed by atoms with Crippen molar-refractivity contribution in [3.63, 3.8) is 0 Å². The Hall–Kier alpha value is -2.81. The van der Waals surface area contributed by atoms with E-state index in [1.165, 1.54) is 0 Å². The molecule has 0 aliphatic rings. The molecule has 1 aromatic heterocycles. The van der Waals surface area contributed by atoms with Crippen molar-refractivity contribution >= 4 is 11.7 Å². The molecule has 1 N–H and O–H groups in total. The van der Waals surface area contributed by atoms with Gasteiger partial charge in [0.25, 0.3) is 5.91 Å². The summed E-state index contributed by atoms with van der Waals surface area (Å²) in [5, 5.41) is 15.5. The van der Waals surface area contributed by atoms with Gasteiger partial charge < -0.3 is 10.1 Å². The number of anilines is 1. The quantitative estimate of drug-likeness (QED) is 0.915. The van der Waals surface area contributed by atoms with E-state index in [0.29, 0.717) is 17.1 Å². The molecule has 6 heteroatoms. The van der Waals surface area contributed by atoms with Gasteiger partial charge in [0.2, 0.25) is 0 Å². The maximum absolute atomic E-state index is 11.7. The number of aryl methyl sites for hydroxylation is 2. The van der Waals surface area contributed by atoms with Crippen molar-refractivity contribution < 1.29 is 9.53 Å². The van der Waals surface area contributed by atoms with Crippen molar-refractivity contribution in [2.45, 2.75) is 6.92 Å². The van der Waals surface area contributed by atoms with E-state index < -0.39 is 0 Å². The van der Waals surface area contributed by atoms with E-state index in [1.807, 2.05) is 13.0 Å². The fourth-order valence-corrected chi connectivity index (χ4v) is 1.68. The lowest BCUT2D eigenvalue weighted by molar-refractivity contribution is -0.118. The summed E-state index contributed by atoms with van der Waals surface area (Å²) >= 11 is 0. The summed E-state index contributed by atoms with van der Waals surface area (Å²) in [7, 11) is 1.75. The normalized spacial score (nSPS) is 9.85. The van der Waals surface area contributed by atoms with Crippen molar-refractivity contribution in [1.29, 1.82) is 5.26 Å². The molecule has 0 fully saturated rings. The van der Waals surface area contributed by atoms with Crippen LogP contribution >= 0.6 is 0 Å². The maximum atomic E-state index is 11.7. The Bertz CT molecular complexity index is 653. The highest BCUT2D eigenvalue weighted by atomic mass is 16.5. The van der Waals surface area contributed by atoms with Crippen LogP contribution in [-0.2, 0) is 11.8 Å². The van der Waals surface area contributed by atoms with Crippen LogP contribution < -0.4 is 10.1 Å². The number of carbonyl (C=O) groups excluding carboxylic acids is 1. The minimum absolute atomic E-state index is 0.101. The Morgan fingerprint density at radius 1 is 1.45 bits per heavy atom. The second-order valence-corrected chi connectivity index (χ2v) is 4.27. The monoisotopic (exact) mass is 270 g/mol. The molecule has 6 nitrogen and oxygen atoms in total. The Morgan fingerprint density at radius 2 is 2.15 bits per heavy atom. The molecule has 20 heavy (non-hydrogen) atoms. The highest BCUT2D eigenvalue weighted by molar-refractivity contribution is 5.91. The van der Waals surface area contributed by atoms with Crippen LogP contribution in [0.1, 0.15) is 11.3 Å². The lowest BCUT2D eigenvalue weighted by Gasteiger charge is -2.07. The highest BCUT2D eigenvalue weighted by Gasteiger charge is 2.07. The number of aromatic nitrogens is 2. The van der Waals surface area contributed by atoms with E-state index >= 15 is 0 Å². The summed E-state index contributed by atoms with van der Waals surface area (Å²) in [6, 6.07) is 10.4. The number of nitrogens with zero attached hydrogens (tertiary/aromatic N) is 3. The Kier molecular flexibility index (Phi) is 4.01. The molecule has 2 aromatic rings. The molecule has 0 aliphatic carbocycles. The predicted octanol–water partition coefficient (Wildman–Crippen LogP) is 1.62. The maximum Gasteiger partial charge on any atom is 0.263 e. The van der Waals surface area contributed by atoms with Crippen LogP contribution in [0.5, 0.6) is 5.75 Å². The molecular weight excluding hydrogens is 256 g/mol. The highest BCUT2D eigenvalue weighted by Crippen LogP contribution is 2.12. The van der Waals surface area contributed by atoms with E-state index in [4.69, 9.17) is 10.00 Å². The molecule has 102 valence electrons. The number of carbonyl (C=O) groups is 1. The van der Waals surface area contributed by atoms with E-state index in [1.54, 1.807) is 42.1 Å². The summed E-state index contributed by atoms with van der Waals surface area (Å²) in [6.45, 7) is 1.75. The van der Waals surface area contributed by atoms with Gasteiger partial charge in [-0.15, -0.1) is 0 Å². The summed E-state index contributed by atoms with van der Waals surface area (Å²) in [4.78, 5) is 11.7. The molecule has 0 unspecified atom stereocenters. The first-order valence-corrected chi connectivity index (χ1v) is 6.02. The van der Waals surface area contributed by atoms with Gasteiger partial charge in [-0.05, 0) is 31.2 Å². The second kappa shape index (κ2) is 5.89. The molecule has 0 saturated carbocycles. The smallest absolute Gasteiger partial charge is 0.263 e. The third-order valence-corrected chi connectivity index (χ3v) is 2.62. The number of amides is 1. The first-order valence-electron chi connectivity index (χ1n) is 6.02. The number of nitrogens with one attached hydrogen (secondary N) is 1. The van der Waals surface area contributed by atoms with E-state index in [9.17, 15) is 4.79 Å². The van der Waals surface area contributed by atoms with Gasteiger partial charge in [0.05, 0.1) is 17.3 Å². The fourth-order valence-electron chi connectivity index (χ4n) is 1.68. The third kappa shape index (κ3) is 3.36. The third-order valence-electron chi connectivity index (χ3n) is 2.62. The molecule has 1 amide bonds. The van der Waals surface area contributed by atoms with Gasteiger partial charge in [-0.25, -0.2) is 0 Å². The number of hydrogen-bond acceptors (Lipinski definition) is 4. The molecule has 0 aliphatic heterocycles. The van der Waals surface area contributed by atoms with Crippen LogP contribution in [0.25, 0.3) is 0 Å². The number of rotatable bonds is 4. The average Bonchev–Trinajstić information content (AvgIpc) is 2.75. The molecule has 0 atom stereocenters. The van der Waals surface area contributed by atoms with E-state index in [-0.39, 0.29) is 12.5 Å². The second-order valence-electron chi connectivity index (χ2n) is 4.27. The van der Waals surface area contributed by atoms with Crippen molar-refractivity contribution in [2.24, 2.45) is 7.05 Å². The van der Waals surface area contributed by atoms with Crippen LogP contribution in [-0.4, -0.2) is 22.3 Å². The summed E-state index contributed by atoms with van der Waals surface area (Å²) in [6.07, 6.45) is 0. The molecule has 0 bridgehead atoms. The minimum atomic E-state index is -0.266. The number of nitriles is 1. The first-order chi connectivity index (χ1) is 9.58. The number of hydrogen-bond donors (Lipinski definition) is 1. The van der Waals surface area contributed by atoms with Gasteiger partial charge in [0.1, 0.15) is 11.6 Å². The number of benzene rings is 1. The summed E-state index contributed by atoms with van der Waals surface area (Å²) in [5.74, 6) is 0.897. The zero-order valence-corrected chi connectivity index (χ0v) is 11.3. The largest absolute Gasteiger partial charge is 0.484 e. The van der Waals surface area contributed by atoms with Gasteiger partial charge in [-0.1, -0.05) is 0 Å². The van der Waals surface area contributed by atoms with E-state index in [2.05, 4.69) is 10.4 Å². The lowest BCUT2D eigenvalue weighted by atomic mass is 10.2. The predicted molar refractivity (Wildman–Crippen MR) is 73.2 cm³/mol. The topological polar surface area (TPSA) is 79.9 Å².